The number of hydrogen-bond donors (Lipinski definition) is 0. The summed E-state index contributed by atoms with van der Waals surface area (Å²) in [6, 6.07) is 11.1. The van der Waals surface area contributed by atoms with E-state index in [9.17, 15) is 18.5 Å². The summed E-state index contributed by atoms with van der Waals surface area (Å²) in [7, 11) is -2.42. The lowest BCUT2D eigenvalue weighted by Gasteiger charge is -2.41. The molecule has 0 unspecified atom stereocenters. The van der Waals surface area contributed by atoms with Crippen molar-refractivity contribution in [2.45, 2.75) is 47.9 Å². The molecular formula is C26H30N4O5S. The Morgan fingerprint density at radius 3 is 2.33 bits per heavy atom. The highest BCUT2D eigenvalue weighted by atomic mass is 32.2. The monoisotopic (exact) mass is 510 g/mol. The number of pyridine rings is 1. The van der Waals surface area contributed by atoms with Crippen LogP contribution in [0.25, 0.3) is 10.9 Å². The number of anilines is 1. The van der Waals surface area contributed by atoms with Gasteiger partial charge in [-0.1, -0.05) is 6.42 Å². The average molecular weight is 511 g/mol. The fourth-order valence-corrected chi connectivity index (χ4v) is 6.84. The molecule has 0 atom stereocenters. The lowest BCUT2D eigenvalue weighted by molar-refractivity contribution is -0.384. The van der Waals surface area contributed by atoms with Gasteiger partial charge in [-0.05, 0) is 69.1 Å². The van der Waals surface area contributed by atoms with E-state index in [1.807, 2.05) is 0 Å². The van der Waals surface area contributed by atoms with E-state index in [1.165, 1.54) is 56.8 Å². The van der Waals surface area contributed by atoms with Gasteiger partial charge in [0.15, 0.2) is 0 Å². The Balaban J connectivity index is 1.58. The molecule has 0 amide bonds. The number of nitro benzene ring substituents is 1. The number of likely N-dealkylation sites (tertiary alicyclic amines) is 1. The first-order valence-electron chi connectivity index (χ1n) is 12.3. The third-order valence-corrected chi connectivity index (χ3v) is 9.12. The molecule has 2 aliphatic heterocycles. The Labute approximate surface area is 210 Å². The fourth-order valence-electron chi connectivity index (χ4n) is 5.40. The third kappa shape index (κ3) is 4.62. The second-order valence-electron chi connectivity index (χ2n) is 9.42. The van der Waals surface area contributed by atoms with Crippen molar-refractivity contribution >= 4 is 32.1 Å². The average Bonchev–Trinajstić information content (AvgIpc) is 2.92. The zero-order chi connectivity index (χ0) is 25.3. The number of methoxy groups -OCH3 is 1. The molecule has 1 aromatic heterocycles. The number of fused-ring (bicyclic) bond motifs is 1. The molecule has 10 heteroatoms. The van der Waals surface area contributed by atoms with E-state index >= 15 is 0 Å². The Hall–Kier alpha value is -3.24. The van der Waals surface area contributed by atoms with Crippen molar-refractivity contribution in [3.8, 4) is 5.75 Å². The second-order valence-corrected chi connectivity index (χ2v) is 11.3. The van der Waals surface area contributed by atoms with Crippen LogP contribution in [0.15, 0.2) is 58.5 Å². The van der Waals surface area contributed by atoms with E-state index in [2.05, 4.69) is 14.8 Å². The molecule has 190 valence electrons. The van der Waals surface area contributed by atoms with Gasteiger partial charge in [0.1, 0.15) is 10.6 Å². The van der Waals surface area contributed by atoms with Crippen molar-refractivity contribution < 1.29 is 18.1 Å². The van der Waals surface area contributed by atoms with E-state index < -0.39 is 14.8 Å². The summed E-state index contributed by atoms with van der Waals surface area (Å²) < 4.78 is 32.8. The number of nitrogens with zero attached hydrogens (tertiary/aromatic N) is 4. The van der Waals surface area contributed by atoms with Gasteiger partial charge in [0.25, 0.3) is 5.69 Å². The van der Waals surface area contributed by atoms with Gasteiger partial charge in [-0.25, -0.2) is 8.42 Å². The first-order chi connectivity index (χ1) is 17.4. The highest BCUT2D eigenvalue weighted by Crippen LogP contribution is 2.39. The predicted octanol–water partition coefficient (Wildman–Crippen LogP) is 4.44. The molecule has 5 rings (SSSR count). The molecule has 9 nitrogen and oxygen atoms in total. The molecule has 0 N–H and O–H groups in total. The number of ether oxygens (including phenoxy) is 1. The first kappa shape index (κ1) is 24.5. The number of aromatic nitrogens is 1. The molecule has 3 heterocycles. The largest absolute Gasteiger partial charge is 0.497 e. The summed E-state index contributed by atoms with van der Waals surface area (Å²) in [5, 5.41) is 12.0. The minimum absolute atomic E-state index is 0.0667. The highest BCUT2D eigenvalue weighted by Gasteiger charge is 2.31. The Bertz CT molecular complexity index is 1360. The van der Waals surface area contributed by atoms with Crippen LogP contribution in [-0.2, 0) is 9.84 Å². The molecule has 2 aliphatic rings. The Kier molecular flexibility index (Phi) is 6.81. The minimum Gasteiger partial charge on any atom is -0.497 e. The van der Waals surface area contributed by atoms with E-state index in [-0.39, 0.29) is 15.5 Å². The van der Waals surface area contributed by atoms with Crippen molar-refractivity contribution in [3.63, 3.8) is 0 Å². The second kappa shape index (κ2) is 10.0. The quantitative estimate of drug-likeness (QED) is 0.354. The Morgan fingerprint density at radius 2 is 1.69 bits per heavy atom. The maximum absolute atomic E-state index is 13.8. The summed E-state index contributed by atoms with van der Waals surface area (Å²) in [4.78, 5) is 20.3. The van der Waals surface area contributed by atoms with Gasteiger partial charge in [0.2, 0.25) is 9.84 Å². The van der Waals surface area contributed by atoms with Gasteiger partial charge in [-0.3, -0.25) is 15.1 Å². The van der Waals surface area contributed by atoms with Crippen molar-refractivity contribution in [1.82, 2.24) is 9.88 Å². The summed E-state index contributed by atoms with van der Waals surface area (Å²) in [5.74, 6) is 0.557. The van der Waals surface area contributed by atoms with E-state index in [0.29, 0.717) is 41.5 Å². The zero-order valence-electron chi connectivity index (χ0n) is 20.3. The molecule has 2 aromatic carbocycles. The molecule has 36 heavy (non-hydrogen) atoms. The van der Waals surface area contributed by atoms with Crippen LogP contribution in [0.1, 0.15) is 32.1 Å². The first-order valence-corrected chi connectivity index (χ1v) is 13.8. The lowest BCUT2D eigenvalue weighted by Crippen LogP contribution is -2.47. The summed E-state index contributed by atoms with van der Waals surface area (Å²) in [6.07, 6.45) is 6.96. The van der Waals surface area contributed by atoms with Crippen LogP contribution < -0.4 is 9.64 Å². The van der Waals surface area contributed by atoms with Crippen LogP contribution in [0, 0.1) is 10.1 Å². The molecule has 2 fully saturated rings. The standard InChI is InChI=1S/C26H30N4O5S/c1-35-21-6-8-22(9-7-21)36(33,34)25-18-27-24-10-5-20(30(31)32)17-23(24)26(25)29-15-11-19(12-16-29)28-13-3-2-4-14-28/h5-10,17-19H,2-4,11-16H2,1H3. The summed E-state index contributed by atoms with van der Waals surface area (Å²) >= 11 is 0. The molecule has 0 spiro atoms. The highest BCUT2D eigenvalue weighted by molar-refractivity contribution is 7.91. The smallest absolute Gasteiger partial charge is 0.270 e. The molecule has 0 saturated carbocycles. The van der Waals surface area contributed by atoms with Crippen LogP contribution in [0.3, 0.4) is 0 Å². The Morgan fingerprint density at radius 1 is 1.00 bits per heavy atom. The van der Waals surface area contributed by atoms with E-state index in [0.717, 1.165) is 25.9 Å². The van der Waals surface area contributed by atoms with Crippen molar-refractivity contribution in [2.24, 2.45) is 0 Å². The number of nitro groups is 1. The SMILES string of the molecule is COc1ccc(S(=O)(=O)c2cnc3ccc([N+](=O)[O-])cc3c2N2CCC(N3CCCCC3)CC2)cc1. The third-order valence-electron chi connectivity index (χ3n) is 7.35. The lowest BCUT2D eigenvalue weighted by atomic mass is 9.99. The molecule has 0 aliphatic carbocycles. The molecule has 2 saturated heterocycles. The molecule has 0 bridgehead atoms. The maximum Gasteiger partial charge on any atom is 0.270 e. The maximum atomic E-state index is 13.8. The predicted molar refractivity (Wildman–Crippen MR) is 138 cm³/mol. The van der Waals surface area contributed by atoms with Crippen LogP contribution in [-0.4, -0.2) is 62.6 Å². The number of rotatable bonds is 6. The molecule has 0 radical (unpaired) electrons. The van der Waals surface area contributed by atoms with Gasteiger partial charge in [0.05, 0.1) is 28.1 Å². The normalized spacial score (nSPS) is 17.9. The minimum atomic E-state index is -3.94. The van der Waals surface area contributed by atoms with E-state index in [4.69, 9.17) is 4.74 Å². The van der Waals surface area contributed by atoms with Crippen molar-refractivity contribution in [3.05, 3.63) is 58.8 Å². The van der Waals surface area contributed by atoms with E-state index in [1.54, 1.807) is 18.2 Å². The van der Waals surface area contributed by atoms with Crippen LogP contribution in [0.2, 0.25) is 0 Å². The van der Waals surface area contributed by atoms with Gasteiger partial charge in [-0.15, -0.1) is 0 Å². The number of non-ortho nitro benzene ring substituents is 1. The number of sulfone groups is 1. The van der Waals surface area contributed by atoms with Crippen molar-refractivity contribution in [1.29, 1.82) is 0 Å². The van der Waals surface area contributed by atoms with Gasteiger partial charge in [0, 0.05) is 42.8 Å². The summed E-state index contributed by atoms with van der Waals surface area (Å²) in [6.45, 7) is 3.58. The fraction of sp³-hybridized carbons (Fsp3) is 0.423. The molecular weight excluding hydrogens is 480 g/mol. The molecule has 3 aromatic rings. The zero-order valence-corrected chi connectivity index (χ0v) is 21.1. The van der Waals surface area contributed by atoms with Gasteiger partial charge < -0.3 is 14.5 Å². The van der Waals surface area contributed by atoms with Crippen LogP contribution in [0.5, 0.6) is 5.75 Å². The van der Waals surface area contributed by atoms with Crippen LogP contribution in [0.4, 0.5) is 11.4 Å². The van der Waals surface area contributed by atoms with Crippen LogP contribution >= 0.6 is 0 Å². The number of benzene rings is 2. The van der Waals surface area contributed by atoms with Gasteiger partial charge >= 0.3 is 0 Å². The number of piperidine rings is 2. The number of hydrogen-bond acceptors (Lipinski definition) is 8. The topological polar surface area (TPSA) is 106 Å². The van der Waals surface area contributed by atoms with Crippen molar-refractivity contribution in [2.75, 3.05) is 38.2 Å². The van der Waals surface area contributed by atoms with Gasteiger partial charge in [-0.2, -0.15) is 0 Å². The summed E-state index contributed by atoms with van der Waals surface area (Å²) in [5.41, 5.74) is 0.937.